The maximum atomic E-state index is 14.5. The van der Waals surface area contributed by atoms with Crippen molar-refractivity contribution in [3.05, 3.63) is 34.2 Å². The highest BCUT2D eigenvalue weighted by Gasteiger charge is 2.46. The van der Waals surface area contributed by atoms with Crippen molar-refractivity contribution in [2.75, 3.05) is 32.7 Å². The van der Waals surface area contributed by atoms with Crippen molar-refractivity contribution in [2.24, 2.45) is 28.3 Å². The molecular weight excluding hydrogens is 1010 g/mol. The van der Waals surface area contributed by atoms with Crippen molar-refractivity contribution in [1.82, 2.24) is 51.6 Å². The number of aliphatic hydroxyl groups excluding tert-OH is 1. The molecule has 77 heavy (non-hydrogen) atoms. The number of hydrogen-bond acceptors (Lipinski definition) is 14. The first-order valence-corrected chi connectivity index (χ1v) is 25.9. The molecular formula is C49H75N13O15. The Hall–Kier alpha value is -7.65. The van der Waals surface area contributed by atoms with Gasteiger partial charge in [0.25, 0.3) is 11.5 Å². The smallest absolute Gasteiger partial charge is 0.328 e. The molecule has 0 radical (unpaired) electrons. The first-order chi connectivity index (χ1) is 36.3. The number of guanidine groups is 1. The summed E-state index contributed by atoms with van der Waals surface area (Å²) < 4.78 is 0. The number of carbonyl (C=O) groups excluding carboxylic acids is 9. The first-order valence-electron chi connectivity index (χ1n) is 25.9. The molecule has 14 N–H and O–H groups in total. The van der Waals surface area contributed by atoms with E-state index in [2.05, 4.69) is 41.9 Å². The number of aromatic amines is 1. The molecule has 426 valence electrons. The number of aliphatic carboxylic acids is 2. The fourth-order valence-corrected chi connectivity index (χ4v) is 9.47. The predicted molar refractivity (Wildman–Crippen MR) is 274 cm³/mol. The van der Waals surface area contributed by atoms with Crippen LogP contribution in [0.1, 0.15) is 116 Å². The quantitative estimate of drug-likeness (QED) is 0.0232. The number of nitrogens with two attached hydrogens (primary N) is 2. The number of nitrogens with zero attached hydrogens (tertiary/aromatic N) is 4. The fourth-order valence-electron chi connectivity index (χ4n) is 9.47. The SMILES string of the molecule is CC(C)C[C@H](NC(=O)[C@@H]1CCCN1C(=O)[C@@H]1CCCN1C(=O)[C@H](CC(C)C)NC(=O)[C@H](C)NC(=O)[C@H](CCCN=C(N)N)NC(=O)c1ccc[nH]c1=O)C(=O)N1CCC[C@H]1C(=O)N[C@@H](CNC(=O)C(O)CC(=O)O)C(=O)O. The third-order valence-electron chi connectivity index (χ3n) is 13.3. The number of hydrogen-bond donors (Lipinski definition) is 12. The number of aliphatic hydroxyl groups is 1. The van der Waals surface area contributed by atoms with Crippen LogP contribution in [-0.2, 0) is 47.9 Å². The molecule has 28 nitrogen and oxygen atoms in total. The van der Waals surface area contributed by atoms with Crippen LogP contribution in [0.15, 0.2) is 28.1 Å². The lowest BCUT2D eigenvalue weighted by Crippen LogP contribution is -2.60. The highest BCUT2D eigenvalue weighted by Crippen LogP contribution is 2.27. The van der Waals surface area contributed by atoms with Gasteiger partial charge in [-0.25, -0.2) is 4.79 Å². The van der Waals surface area contributed by atoms with Gasteiger partial charge in [-0.3, -0.25) is 57.7 Å². The number of aromatic nitrogens is 1. The largest absolute Gasteiger partial charge is 0.481 e. The van der Waals surface area contributed by atoms with Gasteiger partial charge in [-0.1, -0.05) is 27.7 Å². The van der Waals surface area contributed by atoms with Gasteiger partial charge in [0.05, 0.1) is 6.42 Å². The van der Waals surface area contributed by atoms with Crippen LogP contribution in [0.25, 0.3) is 0 Å². The molecule has 3 aliphatic heterocycles. The summed E-state index contributed by atoms with van der Waals surface area (Å²) in [5, 5.41) is 43.4. The lowest BCUT2D eigenvalue weighted by Gasteiger charge is -2.34. The van der Waals surface area contributed by atoms with E-state index < -0.39 is 138 Å². The number of H-pyrrole nitrogens is 1. The van der Waals surface area contributed by atoms with E-state index in [0.717, 1.165) is 0 Å². The number of amides is 9. The Morgan fingerprint density at radius 1 is 0.688 bits per heavy atom. The van der Waals surface area contributed by atoms with Crippen molar-refractivity contribution in [2.45, 2.75) is 160 Å². The van der Waals surface area contributed by atoms with Crippen LogP contribution in [0.5, 0.6) is 0 Å². The van der Waals surface area contributed by atoms with Crippen LogP contribution >= 0.6 is 0 Å². The average Bonchev–Trinajstić information content (AvgIpc) is 4.17. The minimum atomic E-state index is -1.97. The van der Waals surface area contributed by atoms with Crippen LogP contribution < -0.4 is 48.9 Å². The summed E-state index contributed by atoms with van der Waals surface area (Å²) in [4.78, 5) is 169. The van der Waals surface area contributed by atoms with E-state index in [1.807, 2.05) is 27.7 Å². The molecule has 0 saturated carbocycles. The summed E-state index contributed by atoms with van der Waals surface area (Å²) in [6.07, 6.45) is 0.788. The lowest BCUT2D eigenvalue weighted by molar-refractivity contribution is -0.149. The maximum Gasteiger partial charge on any atom is 0.328 e. The molecule has 28 heteroatoms. The van der Waals surface area contributed by atoms with E-state index in [0.29, 0.717) is 19.3 Å². The molecule has 3 saturated heterocycles. The van der Waals surface area contributed by atoms with Crippen LogP contribution in [0, 0.1) is 11.8 Å². The molecule has 0 spiro atoms. The van der Waals surface area contributed by atoms with Gasteiger partial charge in [0.1, 0.15) is 60.0 Å². The van der Waals surface area contributed by atoms with Gasteiger partial charge in [-0.05, 0) is 95.1 Å². The molecule has 9 atom stereocenters. The number of carbonyl (C=O) groups is 11. The number of pyridine rings is 1. The molecule has 0 aromatic carbocycles. The summed E-state index contributed by atoms with van der Waals surface area (Å²) >= 11 is 0. The number of rotatable bonds is 27. The van der Waals surface area contributed by atoms with Crippen LogP contribution in [0.2, 0.25) is 0 Å². The Morgan fingerprint density at radius 2 is 1.22 bits per heavy atom. The Balaban J connectivity index is 1.43. The van der Waals surface area contributed by atoms with E-state index in [4.69, 9.17) is 16.6 Å². The molecule has 0 bridgehead atoms. The lowest BCUT2D eigenvalue weighted by atomic mass is 10.0. The molecule has 1 unspecified atom stereocenters. The minimum absolute atomic E-state index is 0.0149. The van der Waals surface area contributed by atoms with Gasteiger partial charge in [-0.15, -0.1) is 0 Å². The van der Waals surface area contributed by atoms with Gasteiger partial charge >= 0.3 is 11.9 Å². The van der Waals surface area contributed by atoms with Crippen molar-refractivity contribution in [3.63, 3.8) is 0 Å². The summed E-state index contributed by atoms with van der Waals surface area (Å²) in [6, 6.07) is -7.00. The van der Waals surface area contributed by atoms with Crippen LogP contribution in [0.3, 0.4) is 0 Å². The first kappa shape index (κ1) is 61.9. The number of likely N-dealkylation sites (tertiary alicyclic amines) is 3. The van der Waals surface area contributed by atoms with Crippen molar-refractivity contribution in [3.8, 4) is 0 Å². The van der Waals surface area contributed by atoms with E-state index in [-0.39, 0.29) is 94.5 Å². The predicted octanol–water partition coefficient (Wildman–Crippen LogP) is -3.41. The Morgan fingerprint density at radius 3 is 1.77 bits per heavy atom. The molecule has 3 aliphatic rings. The highest BCUT2D eigenvalue weighted by atomic mass is 16.4. The number of carboxylic acids is 2. The van der Waals surface area contributed by atoms with Crippen molar-refractivity contribution in [1.29, 1.82) is 0 Å². The third-order valence-corrected chi connectivity index (χ3v) is 13.3. The van der Waals surface area contributed by atoms with E-state index >= 15 is 0 Å². The minimum Gasteiger partial charge on any atom is -0.481 e. The van der Waals surface area contributed by atoms with Crippen molar-refractivity contribution < 1.29 is 68.1 Å². The second-order valence-electron chi connectivity index (χ2n) is 20.3. The molecule has 9 amide bonds. The van der Waals surface area contributed by atoms with Gasteiger partial charge in [-0.2, -0.15) is 0 Å². The summed E-state index contributed by atoms with van der Waals surface area (Å²) in [7, 11) is 0. The normalized spacial score (nSPS) is 19.5. The average molecular weight is 1090 g/mol. The van der Waals surface area contributed by atoms with E-state index in [1.165, 1.54) is 40.0 Å². The monoisotopic (exact) mass is 1090 g/mol. The number of aliphatic imine (C=N–C) groups is 1. The summed E-state index contributed by atoms with van der Waals surface area (Å²) in [5.74, 6) is -10.2. The highest BCUT2D eigenvalue weighted by molar-refractivity contribution is 6.00. The number of nitrogens with one attached hydrogen (secondary N) is 7. The zero-order chi connectivity index (χ0) is 57.3. The second-order valence-corrected chi connectivity index (χ2v) is 20.3. The van der Waals surface area contributed by atoms with Gasteiger partial charge in [0.2, 0.25) is 47.3 Å². The molecule has 4 heterocycles. The van der Waals surface area contributed by atoms with E-state index in [1.54, 1.807) is 0 Å². The van der Waals surface area contributed by atoms with Gasteiger partial charge < -0.3 is 78.4 Å². The van der Waals surface area contributed by atoms with Crippen LogP contribution in [-0.4, -0.2) is 193 Å². The second kappa shape index (κ2) is 29.0. The molecule has 3 fully saturated rings. The number of carboxylic acid groups (broad SMARTS) is 2. The topological polar surface area (TPSA) is 428 Å². The molecule has 1 aromatic heterocycles. The van der Waals surface area contributed by atoms with Gasteiger partial charge in [0, 0.05) is 38.9 Å². The summed E-state index contributed by atoms with van der Waals surface area (Å²) in [5.41, 5.74) is 9.91. The fraction of sp³-hybridized carbons (Fsp3) is 0.653. The van der Waals surface area contributed by atoms with Crippen LogP contribution in [0.4, 0.5) is 0 Å². The zero-order valence-corrected chi connectivity index (χ0v) is 44.1. The zero-order valence-electron chi connectivity index (χ0n) is 44.1. The molecule has 0 aliphatic carbocycles. The van der Waals surface area contributed by atoms with Crippen molar-refractivity contribution >= 4 is 71.1 Å². The van der Waals surface area contributed by atoms with E-state index in [9.17, 15) is 67.7 Å². The van der Waals surface area contributed by atoms with Gasteiger partial charge in [0.15, 0.2) is 5.96 Å². The molecule has 4 rings (SSSR count). The standard InChI is InChI=1S/C49H75N13O15/c1-25(2)21-30(57-38(66)27(5)55-41(69)29(12-7-17-53-49(50)51)56-40(68)28-11-6-16-52-39(28)67)46(74)62-20-10-15-35(62)47(75)61-19-9-14-34(61)42(70)58-31(22-26(3)4)45(73)60-18-8-13-33(60)43(71)59-32(48(76)77)24-54-44(72)36(63)23-37(64)65/h6,11,16,25-27,29-36,63H,7-10,12-15,17-24H2,1-5H3,(H,52,67)(H,54,72)(H,55,69)(H,56,68)(H,57,66)(H,58,70)(H,59,71)(H,64,65)(H,76,77)(H4,50,51,53)/t27-,29-,30-,31-,32-,33-,34-,35-,36?/m0/s1. The maximum absolute atomic E-state index is 14.5. The Kier molecular flexibility index (Phi) is 23.3. The Labute approximate surface area is 444 Å². The summed E-state index contributed by atoms with van der Waals surface area (Å²) in [6.45, 7) is 8.51. The third kappa shape index (κ3) is 18.0. The molecule has 1 aromatic rings. The Bertz CT molecular complexity index is 2430.